The quantitative estimate of drug-likeness (QED) is 0.843. The van der Waals surface area contributed by atoms with Crippen molar-refractivity contribution in [2.24, 2.45) is 0 Å². The number of hydrogen-bond acceptors (Lipinski definition) is 5. The molecule has 1 fully saturated rings. The maximum atomic E-state index is 5.84. The van der Waals surface area contributed by atoms with Gasteiger partial charge in [0, 0.05) is 0 Å². The van der Waals surface area contributed by atoms with Crippen molar-refractivity contribution in [1.29, 1.82) is 0 Å². The fourth-order valence-corrected chi connectivity index (χ4v) is 1.77. The Hall–Kier alpha value is -0.980. The van der Waals surface area contributed by atoms with E-state index in [1.54, 1.807) is 0 Å². The van der Waals surface area contributed by atoms with Gasteiger partial charge < -0.3 is 23.7 Å². The molecule has 0 radical (unpaired) electrons. The van der Waals surface area contributed by atoms with Crippen molar-refractivity contribution in [3.05, 3.63) is 35.9 Å². The van der Waals surface area contributed by atoms with E-state index in [1.165, 1.54) is 0 Å². The molecule has 0 aliphatic carbocycles. The van der Waals surface area contributed by atoms with Crippen LogP contribution in [0.1, 0.15) is 5.56 Å². The highest BCUT2D eigenvalue weighted by molar-refractivity contribution is 5.13. The van der Waals surface area contributed by atoms with Crippen molar-refractivity contribution in [2.75, 3.05) is 46.4 Å². The zero-order valence-electron chi connectivity index (χ0n) is 11.7. The van der Waals surface area contributed by atoms with E-state index in [0.29, 0.717) is 53.0 Å². The van der Waals surface area contributed by atoms with Crippen LogP contribution in [0.3, 0.4) is 0 Å². The summed E-state index contributed by atoms with van der Waals surface area (Å²) in [5.74, 6) is 0. The maximum absolute atomic E-state index is 5.84. The fraction of sp³-hybridized carbons (Fsp3) is 0.600. The van der Waals surface area contributed by atoms with Crippen molar-refractivity contribution in [3.63, 3.8) is 0 Å². The Balaban J connectivity index is 1.74. The van der Waals surface area contributed by atoms with Gasteiger partial charge in [0.05, 0.1) is 46.2 Å². The molecule has 0 N–H and O–H groups in total. The predicted molar refractivity (Wildman–Crippen MR) is 73.4 cm³/mol. The fourth-order valence-electron chi connectivity index (χ4n) is 1.77. The highest BCUT2D eigenvalue weighted by Gasteiger charge is 2.11. The lowest BCUT2D eigenvalue weighted by atomic mass is 10.2. The SMILES string of the molecule is c1ccc(COC2COCCOCOCCOC2)cc1. The number of ether oxygens (including phenoxy) is 5. The van der Waals surface area contributed by atoms with Gasteiger partial charge in [0.25, 0.3) is 0 Å². The van der Waals surface area contributed by atoms with E-state index in [2.05, 4.69) is 0 Å². The van der Waals surface area contributed by atoms with E-state index in [1.807, 2.05) is 30.3 Å². The Morgan fingerprint density at radius 3 is 2.10 bits per heavy atom. The van der Waals surface area contributed by atoms with Gasteiger partial charge in [-0.3, -0.25) is 0 Å². The molecule has 0 bridgehead atoms. The van der Waals surface area contributed by atoms with Gasteiger partial charge in [-0.1, -0.05) is 30.3 Å². The van der Waals surface area contributed by atoms with E-state index < -0.39 is 0 Å². The highest BCUT2D eigenvalue weighted by Crippen LogP contribution is 2.05. The Bertz CT molecular complexity index is 331. The summed E-state index contributed by atoms with van der Waals surface area (Å²) in [5.41, 5.74) is 1.14. The van der Waals surface area contributed by atoms with Crippen LogP contribution in [0.25, 0.3) is 0 Å². The lowest BCUT2D eigenvalue weighted by Crippen LogP contribution is -2.28. The van der Waals surface area contributed by atoms with Gasteiger partial charge in [-0.2, -0.15) is 0 Å². The minimum Gasteiger partial charge on any atom is -0.376 e. The predicted octanol–water partition coefficient (Wildman–Crippen LogP) is 1.61. The summed E-state index contributed by atoms with van der Waals surface area (Å²) in [6.07, 6.45) is -0.0744. The third-order valence-electron chi connectivity index (χ3n) is 2.85. The van der Waals surface area contributed by atoms with Gasteiger partial charge in [0.2, 0.25) is 0 Å². The molecule has 1 aromatic rings. The van der Waals surface area contributed by atoms with Gasteiger partial charge >= 0.3 is 0 Å². The minimum atomic E-state index is -0.0744. The summed E-state index contributed by atoms with van der Waals surface area (Å²) in [6.45, 7) is 4.02. The van der Waals surface area contributed by atoms with Gasteiger partial charge in [0.15, 0.2) is 0 Å². The molecule has 0 atom stereocenters. The standard InChI is InChI=1S/C15H22O5/c1-2-4-14(5-3-1)10-20-15-11-16-6-8-18-13-19-9-7-17-12-15/h1-5,15H,6-13H2. The minimum absolute atomic E-state index is 0.0744. The first-order chi connectivity index (χ1) is 9.95. The smallest absolute Gasteiger partial charge is 0.146 e. The van der Waals surface area contributed by atoms with E-state index >= 15 is 0 Å². The van der Waals surface area contributed by atoms with Crippen LogP contribution in [0.15, 0.2) is 30.3 Å². The molecule has 1 heterocycles. The molecule has 1 aromatic carbocycles. The summed E-state index contributed by atoms with van der Waals surface area (Å²) in [5, 5.41) is 0. The maximum Gasteiger partial charge on any atom is 0.146 e. The van der Waals surface area contributed by atoms with Gasteiger partial charge in [-0.15, -0.1) is 0 Å². The molecular formula is C15H22O5. The van der Waals surface area contributed by atoms with Crippen LogP contribution in [-0.4, -0.2) is 52.5 Å². The van der Waals surface area contributed by atoms with Crippen LogP contribution in [0.2, 0.25) is 0 Å². The molecule has 0 amide bonds. The van der Waals surface area contributed by atoms with E-state index in [-0.39, 0.29) is 6.10 Å². The molecule has 0 spiro atoms. The summed E-state index contributed by atoms with van der Waals surface area (Å²) in [4.78, 5) is 0. The van der Waals surface area contributed by atoms with Crippen LogP contribution in [0, 0.1) is 0 Å². The summed E-state index contributed by atoms with van der Waals surface area (Å²) >= 11 is 0. The summed E-state index contributed by atoms with van der Waals surface area (Å²) < 4.78 is 27.3. The molecule has 0 aromatic heterocycles. The molecule has 20 heavy (non-hydrogen) atoms. The zero-order valence-corrected chi connectivity index (χ0v) is 11.7. The molecule has 1 saturated heterocycles. The second-order valence-corrected chi connectivity index (χ2v) is 4.50. The lowest BCUT2D eigenvalue weighted by molar-refractivity contribution is -0.117. The largest absolute Gasteiger partial charge is 0.376 e. The van der Waals surface area contributed by atoms with Crippen LogP contribution in [0.5, 0.6) is 0 Å². The number of hydrogen-bond donors (Lipinski definition) is 0. The second kappa shape index (κ2) is 9.85. The third-order valence-corrected chi connectivity index (χ3v) is 2.85. The second-order valence-electron chi connectivity index (χ2n) is 4.50. The third kappa shape index (κ3) is 6.45. The summed E-state index contributed by atoms with van der Waals surface area (Å²) in [7, 11) is 0. The molecule has 2 rings (SSSR count). The van der Waals surface area contributed by atoms with Crippen LogP contribution < -0.4 is 0 Å². The van der Waals surface area contributed by atoms with Crippen LogP contribution >= 0.6 is 0 Å². The van der Waals surface area contributed by atoms with Crippen molar-refractivity contribution >= 4 is 0 Å². The van der Waals surface area contributed by atoms with E-state index in [9.17, 15) is 0 Å². The molecular weight excluding hydrogens is 260 g/mol. The van der Waals surface area contributed by atoms with Crippen LogP contribution in [-0.2, 0) is 30.3 Å². The monoisotopic (exact) mass is 282 g/mol. The normalized spacial score (nSPS) is 20.0. The molecule has 5 nitrogen and oxygen atoms in total. The zero-order chi connectivity index (χ0) is 13.9. The van der Waals surface area contributed by atoms with Crippen molar-refractivity contribution in [2.45, 2.75) is 12.7 Å². The topological polar surface area (TPSA) is 46.2 Å². The Morgan fingerprint density at radius 1 is 0.850 bits per heavy atom. The first kappa shape index (κ1) is 15.4. The van der Waals surface area contributed by atoms with Gasteiger partial charge in [-0.05, 0) is 5.56 Å². The Kier molecular flexibility index (Phi) is 7.59. The summed E-state index contributed by atoms with van der Waals surface area (Å²) in [6, 6.07) is 10.1. The number of benzene rings is 1. The molecule has 112 valence electrons. The Morgan fingerprint density at radius 2 is 1.45 bits per heavy atom. The van der Waals surface area contributed by atoms with Crippen molar-refractivity contribution < 1.29 is 23.7 Å². The van der Waals surface area contributed by atoms with E-state index in [4.69, 9.17) is 23.7 Å². The van der Waals surface area contributed by atoms with Crippen molar-refractivity contribution in [3.8, 4) is 0 Å². The first-order valence-electron chi connectivity index (χ1n) is 6.91. The van der Waals surface area contributed by atoms with Gasteiger partial charge in [0.1, 0.15) is 12.9 Å². The first-order valence-corrected chi connectivity index (χ1v) is 6.91. The molecule has 0 unspecified atom stereocenters. The van der Waals surface area contributed by atoms with E-state index in [0.717, 1.165) is 5.56 Å². The lowest BCUT2D eigenvalue weighted by Gasteiger charge is -2.19. The number of rotatable bonds is 3. The molecule has 1 aliphatic rings. The highest BCUT2D eigenvalue weighted by atomic mass is 16.7. The van der Waals surface area contributed by atoms with Crippen LogP contribution in [0.4, 0.5) is 0 Å². The Labute approximate surface area is 119 Å². The molecule has 1 aliphatic heterocycles. The average Bonchev–Trinajstić information content (AvgIpc) is 2.48. The molecule has 0 saturated carbocycles. The average molecular weight is 282 g/mol. The van der Waals surface area contributed by atoms with Gasteiger partial charge in [-0.25, -0.2) is 0 Å². The molecule has 5 heteroatoms. The van der Waals surface area contributed by atoms with Crippen molar-refractivity contribution in [1.82, 2.24) is 0 Å².